The highest BCUT2D eigenvalue weighted by molar-refractivity contribution is 5.76. The first-order chi connectivity index (χ1) is 36.1. The lowest BCUT2D eigenvalue weighted by molar-refractivity contribution is -0.359. The normalized spacial score (nSPS) is 25.3. The second kappa shape index (κ2) is 46.4. The summed E-state index contributed by atoms with van der Waals surface area (Å²) in [7, 11) is 0. The maximum absolute atomic E-state index is 13.2. The number of carbonyl (C=O) groups is 1. The molecule has 0 bridgehead atoms. The van der Waals surface area contributed by atoms with E-state index < -0.39 is 86.8 Å². The number of hydrogen-bond acceptors (Lipinski definition) is 13. The average molecular weight is 1060 g/mol. The SMILES string of the molecule is CCCCCC/C=C/CC/C=C/C(O)C(COC1OC(CO)C(OC2OC(CO)C(O)C(O)C2O)C(O)C1O)NC(=O)CCCCCCCCCCCCCCCCCCCCCCCCCCCCCCCC. The molecule has 0 radical (unpaired) electrons. The van der Waals surface area contributed by atoms with Crippen molar-refractivity contribution in [2.24, 2.45) is 0 Å². The highest BCUT2D eigenvalue weighted by Crippen LogP contribution is 2.30. The summed E-state index contributed by atoms with van der Waals surface area (Å²) in [5.41, 5.74) is 0. The van der Waals surface area contributed by atoms with Crippen molar-refractivity contribution in [2.45, 2.75) is 331 Å². The van der Waals surface area contributed by atoms with Gasteiger partial charge in [0.15, 0.2) is 12.6 Å². The molecular weight excluding hydrogens is 943 g/mol. The van der Waals surface area contributed by atoms with Crippen molar-refractivity contribution >= 4 is 5.91 Å². The number of ether oxygens (including phenoxy) is 4. The average Bonchev–Trinajstić information content (AvgIpc) is 3.40. The summed E-state index contributed by atoms with van der Waals surface area (Å²) >= 11 is 0. The Bertz CT molecular complexity index is 1340. The Balaban J connectivity index is 1.63. The summed E-state index contributed by atoms with van der Waals surface area (Å²) in [6.07, 6.45) is 38.4. The third kappa shape index (κ3) is 31.8. The molecule has 2 rings (SSSR count). The number of carbonyl (C=O) groups excluding carboxylic acids is 1. The maximum atomic E-state index is 13.2. The van der Waals surface area contributed by atoms with Crippen LogP contribution in [0.2, 0.25) is 0 Å². The van der Waals surface area contributed by atoms with Gasteiger partial charge >= 0.3 is 0 Å². The van der Waals surface area contributed by atoms with Gasteiger partial charge in [-0.15, -0.1) is 0 Å². The molecule has 9 N–H and O–H groups in total. The zero-order valence-electron chi connectivity index (χ0n) is 46.8. The number of nitrogens with one attached hydrogen (secondary N) is 1. The van der Waals surface area contributed by atoms with Crippen LogP contribution in [0.5, 0.6) is 0 Å². The van der Waals surface area contributed by atoms with Gasteiger partial charge in [0.25, 0.3) is 0 Å². The van der Waals surface area contributed by atoms with E-state index in [1.807, 2.05) is 6.08 Å². The van der Waals surface area contributed by atoms with E-state index in [-0.39, 0.29) is 18.9 Å². The topological polar surface area (TPSA) is 228 Å². The summed E-state index contributed by atoms with van der Waals surface area (Å²) in [5, 5.41) is 86.8. The van der Waals surface area contributed by atoms with Gasteiger partial charge in [-0.1, -0.05) is 244 Å². The number of hydrogen-bond donors (Lipinski definition) is 9. The van der Waals surface area contributed by atoms with Crippen molar-refractivity contribution < 1.29 is 64.6 Å². The fourth-order valence-corrected chi connectivity index (χ4v) is 10.2. The van der Waals surface area contributed by atoms with Gasteiger partial charge in [-0.2, -0.15) is 0 Å². The molecule has 0 aromatic carbocycles. The molecule has 14 heteroatoms. The second-order valence-electron chi connectivity index (χ2n) is 21.8. The van der Waals surface area contributed by atoms with Crippen LogP contribution in [0.3, 0.4) is 0 Å². The Morgan fingerprint density at radius 2 is 0.865 bits per heavy atom. The van der Waals surface area contributed by atoms with Gasteiger partial charge in [-0.05, 0) is 32.1 Å². The molecule has 2 aliphatic heterocycles. The van der Waals surface area contributed by atoms with Crippen LogP contribution >= 0.6 is 0 Å². The minimum Gasteiger partial charge on any atom is -0.394 e. The molecule has 0 aromatic rings. The molecule has 12 atom stereocenters. The van der Waals surface area contributed by atoms with E-state index in [2.05, 4.69) is 31.3 Å². The van der Waals surface area contributed by atoms with Gasteiger partial charge in [0.05, 0.1) is 32.0 Å². The monoisotopic (exact) mass is 1060 g/mol. The van der Waals surface area contributed by atoms with E-state index in [1.165, 1.54) is 193 Å². The van der Waals surface area contributed by atoms with E-state index in [4.69, 9.17) is 18.9 Å². The Kier molecular flexibility index (Phi) is 43.0. The van der Waals surface area contributed by atoms with Crippen molar-refractivity contribution in [1.29, 1.82) is 0 Å². The molecular formula is C60H113NO13. The third-order valence-electron chi connectivity index (χ3n) is 15.1. The molecule has 2 aliphatic rings. The number of aliphatic hydroxyl groups excluding tert-OH is 8. The summed E-state index contributed by atoms with van der Waals surface area (Å²) in [4.78, 5) is 13.2. The standard InChI is InChI=1S/C60H113NO13/c1-3-5-7-9-11-13-15-16-17-18-19-20-21-22-23-24-25-26-27-28-29-30-31-32-33-34-36-38-40-42-44-52(65)61-48(49(64)43-41-39-37-35-14-12-10-8-6-4-2)47-71-59-57(70)55(68)58(51(46-63)73-59)74-60-56(69)54(67)53(66)50(45-62)72-60/h14,35,41,43,48-51,53-60,62-64,66-70H,3-13,15-34,36-40,42,44-47H2,1-2H3,(H,61,65)/b35-14+,43-41+. The third-order valence-corrected chi connectivity index (χ3v) is 15.1. The fourth-order valence-electron chi connectivity index (χ4n) is 10.2. The predicted molar refractivity (Wildman–Crippen MR) is 295 cm³/mol. The van der Waals surface area contributed by atoms with Crippen LogP contribution in [0.1, 0.15) is 258 Å². The molecule has 2 saturated heterocycles. The van der Waals surface area contributed by atoms with Gasteiger partial charge < -0.3 is 65.1 Å². The predicted octanol–water partition coefficient (Wildman–Crippen LogP) is 10.4. The van der Waals surface area contributed by atoms with Crippen molar-refractivity contribution in [1.82, 2.24) is 5.32 Å². The minimum atomic E-state index is -1.79. The van der Waals surface area contributed by atoms with Gasteiger partial charge in [-0.25, -0.2) is 0 Å². The van der Waals surface area contributed by atoms with Crippen LogP contribution < -0.4 is 5.32 Å². The fraction of sp³-hybridized carbons (Fsp3) is 0.917. The molecule has 14 nitrogen and oxygen atoms in total. The molecule has 0 saturated carbocycles. The van der Waals surface area contributed by atoms with Crippen molar-refractivity contribution in [3.8, 4) is 0 Å². The number of aliphatic hydroxyl groups is 8. The van der Waals surface area contributed by atoms with Crippen LogP contribution in [-0.4, -0.2) is 140 Å². The van der Waals surface area contributed by atoms with Gasteiger partial charge in [-0.3, -0.25) is 4.79 Å². The largest absolute Gasteiger partial charge is 0.394 e. The van der Waals surface area contributed by atoms with Gasteiger partial charge in [0.1, 0.15) is 48.8 Å². The molecule has 2 heterocycles. The molecule has 74 heavy (non-hydrogen) atoms. The van der Waals surface area contributed by atoms with E-state index in [1.54, 1.807) is 6.08 Å². The second-order valence-corrected chi connectivity index (χ2v) is 21.8. The molecule has 2 fully saturated rings. The number of allylic oxidation sites excluding steroid dienone is 3. The summed E-state index contributed by atoms with van der Waals surface area (Å²) in [6.45, 7) is 2.75. The van der Waals surface area contributed by atoms with Crippen molar-refractivity contribution in [3.05, 3.63) is 24.3 Å². The molecule has 0 aliphatic carbocycles. The zero-order chi connectivity index (χ0) is 53.9. The van der Waals surface area contributed by atoms with Crippen LogP contribution in [0, 0.1) is 0 Å². The van der Waals surface area contributed by atoms with Crippen LogP contribution in [0.25, 0.3) is 0 Å². The Morgan fingerprint density at radius 3 is 1.32 bits per heavy atom. The smallest absolute Gasteiger partial charge is 0.220 e. The number of unbranched alkanes of at least 4 members (excludes halogenated alkanes) is 34. The first kappa shape index (κ1) is 68.6. The van der Waals surface area contributed by atoms with Crippen LogP contribution in [0.4, 0.5) is 0 Å². The molecule has 1 amide bonds. The van der Waals surface area contributed by atoms with E-state index in [9.17, 15) is 45.6 Å². The number of rotatable bonds is 49. The highest BCUT2D eigenvalue weighted by Gasteiger charge is 2.51. The van der Waals surface area contributed by atoms with E-state index in [0.29, 0.717) is 12.8 Å². The number of amides is 1. The van der Waals surface area contributed by atoms with E-state index >= 15 is 0 Å². The Morgan fingerprint density at radius 1 is 0.473 bits per heavy atom. The van der Waals surface area contributed by atoms with Crippen molar-refractivity contribution in [2.75, 3.05) is 19.8 Å². The van der Waals surface area contributed by atoms with Crippen LogP contribution in [-0.2, 0) is 23.7 Å². The van der Waals surface area contributed by atoms with Gasteiger partial charge in [0, 0.05) is 6.42 Å². The van der Waals surface area contributed by atoms with Crippen LogP contribution in [0.15, 0.2) is 24.3 Å². The summed E-state index contributed by atoms with van der Waals surface area (Å²) in [5.74, 6) is -0.247. The van der Waals surface area contributed by atoms with Gasteiger partial charge in [0.2, 0.25) is 5.91 Å². The molecule has 0 aromatic heterocycles. The Hall–Kier alpha value is -1.53. The van der Waals surface area contributed by atoms with E-state index in [0.717, 1.165) is 32.1 Å². The lowest BCUT2D eigenvalue weighted by Gasteiger charge is -2.46. The maximum Gasteiger partial charge on any atom is 0.220 e. The zero-order valence-corrected chi connectivity index (χ0v) is 46.8. The first-order valence-corrected chi connectivity index (χ1v) is 30.6. The summed E-state index contributed by atoms with van der Waals surface area (Å²) < 4.78 is 22.7. The lowest BCUT2D eigenvalue weighted by Crippen LogP contribution is -2.65. The first-order valence-electron chi connectivity index (χ1n) is 30.6. The molecule has 436 valence electrons. The lowest BCUT2D eigenvalue weighted by atomic mass is 9.97. The minimum absolute atomic E-state index is 0.247. The molecule has 12 unspecified atom stereocenters. The Labute approximate surface area is 449 Å². The molecule has 0 spiro atoms. The summed E-state index contributed by atoms with van der Waals surface area (Å²) in [6, 6.07) is -0.926. The highest BCUT2D eigenvalue weighted by atomic mass is 16.7. The van der Waals surface area contributed by atoms with Crippen molar-refractivity contribution in [3.63, 3.8) is 0 Å². The quantitative estimate of drug-likeness (QED) is 0.0204.